The molecule has 10 heteroatoms. The van der Waals surface area contributed by atoms with Crippen molar-refractivity contribution < 1.29 is 17.7 Å². The minimum absolute atomic E-state index is 0.183. The van der Waals surface area contributed by atoms with E-state index in [1.165, 1.54) is 0 Å². The van der Waals surface area contributed by atoms with E-state index in [9.17, 15) is 13.2 Å². The smallest absolute Gasteiger partial charge is 0.285 e. The average molecular weight is 480 g/mol. The summed E-state index contributed by atoms with van der Waals surface area (Å²) in [6.45, 7) is 6.56. The third-order valence-corrected chi connectivity index (χ3v) is 7.24. The molecule has 3 heterocycles. The van der Waals surface area contributed by atoms with Crippen LogP contribution in [0.4, 0.5) is 5.69 Å². The largest absolute Gasteiger partial charge is 0.343 e. The monoisotopic (exact) mass is 479 g/mol. The Morgan fingerprint density at radius 2 is 1.85 bits per heavy atom. The highest BCUT2D eigenvalue weighted by molar-refractivity contribution is 7.90. The Balaban J connectivity index is 1.32. The van der Waals surface area contributed by atoms with Gasteiger partial charge in [0.05, 0.1) is 0 Å². The van der Waals surface area contributed by atoms with E-state index in [-0.39, 0.29) is 16.2 Å². The Hall–Kier alpha value is -3.53. The van der Waals surface area contributed by atoms with Crippen molar-refractivity contribution in [1.82, 2.24) is 15.0 Å². The lowest BCUT2D eigenvalue weighted by Crippen LogP contribution is -2.43. The number of nitrogens with zero attached hydrogens (tertiary/aromatic N) is 4. The molecule has 9 nitrogen and oxygen atoms in total. The zero-order valence-electron chi connectivity index (χ0n) is 19.1. The topological polar surface area (TPSA) is 118 Å². The van der Waals surface area contributed by atoms with Crippen molar-refractivity contribution in [2.45, 2.75) is 50.0 Å². The van der Waals surface area contributed by atoms with Gasteiger partial charge < -0.3 is 14.7 Å². The van der Waals surface area contributed by atoms with Gasteiger partial charge in [0.25, 0.3) is 10.0 Å². The lowest BCUT2D eigenvalue weighted by molar-refractivity contribution is -0.119. The number of nitrogens with one attached hydrogen (secondary N) is 1. The summed E-state index contributed by atoms with van der Waals surface area (Å²) < 4.78 is 34.3. The maximum absolute atomic E-state index is 13.1. The van der Waals surface area contributed by atoms with E-state index in [2.05, 4.69) is 19.9 Å². The van der Waals surface area contributed by atoms with E-state index in [1.54, 1.807) is 41.3 Å². The molecule has 5 rings (SSSR count). The molecule has 0 saturated carbocycles. The summed E-state index contributed by atoms with van der Waals surface area (Å²) in [6, 6.07) is 13.4. The summed E-state index contributed by atoms with van der Waals surface area (Å²) in [5.74, 6) is 1.18. The van der Waals surface area contributed by atoms with E-state index in [1.807, 2.05) is 32.9 Å². The number of likely N-dealkylation sites (tertiary alicyclic amines) is 1. The van der Waals surface area contributed by atoms with Crippen molar-refractivity contribution in [3.8, 4) is 11.4 Å². The number of hydrogen-bond donors (Lipinski definition) is 1. The van der Waals surface area contributed by atoms with Gasteiger partial charge in [-0.15, -0.1) is 4.40 Å². The molecule has 1 aromatic heterocycles. The Labute approximate surface area is 197 Å². The summed E-state index contributed by atoms with van der Waals surface area (Å²) in [5.41, 5.74) is 1.71. The number of anilines is 1. The first-order valence-corrected chi connectivity index (χ1v) is 12.5. The van der Waals surface area contributed by atoms with Crippen molar-refractivity contribution >= 4 is 27.5 Å². The first kappa shape index (κ1) is 22.3. The highest BCUT2D eigenvalue weighted by Gasteiger charge is 2.39. The molecule has 0 spiro atoms. The van der Waals surface area contributed by atoms with Crippen LogP contribution in [-0.2, 0) is 20.2 Å². The first-order chi connectivity index (χ1) is 16.1. The number of amides is 1. The molecule has 2 aliphatic heterocycles. The van der Waals surface area contributed by atoms with Crippen molar-refractivity contribution in [1.29, 1.82) is 0 Å². The van der Waals surface area contributed by atoms with Crippen LogP contribution in [0.25, 0.3) is 11.4 Å². The number of hydrogen-bond acceptors (Lipinski definition) is 7. The third kappa shape index (κ3) is 3.98. The summed E-state index contributed by atoms with van der Waals surface area (Å²) in [4.78, 5) is 19.6. The minimum atomic E-state index is -3.74. The Morgan fingerprint density at radius 3 is 2.56 bits per heavy atom. The van der Waals surface area contributed by atoms with Gasteiger partial charge in [0, 0.05) is 28.8 Å². The Morgan fingerprint density at radius 1 is 1.12 bits per heavy atom. The fourth-order valence-electron chi connectivity index (χ4n) is 4.16. The molecule has 1 amide bonds. The summed E-state index contributed by atoms with van der Waals surface area (Å²) in [6.07, 6.45) is 1.38. The van der Waals surface area contributed by atoms with Crippen LogP contribution < -0.4 is 5.32 Å². The number of fused-ring (bicyclic) bond motifs is 1. The fraction of sp³-hybridized carbons (Fsp3) is 0.333. The molecular weight excluding hydrogens is 454 g/mol. The molecule has 2 aromatic carbocycles. The molecular formula is C24H25N5O4S. The lowest BCUT2D eigenvalue weighted by Gasteiger charge is -2.25. The molecule has 0 unspecified atom stereocenters. The molecule has 1 atom stereocenters. The van der Waals surface area contributed by atoms with E-state index in [0.29, 0.717) is 41.8 Å². The van der Waals surface area contributed by atoms with E-state index in [4.69, 9.17) is 4.52 Å². The van der Waals surface area contributed by atoms with Crippen LogP contribution in [0.1, 0.15) is 45.1 Å². The van der Waals surface area contributed by atoms with Crippen LogP contribution in [0, 0.1) is 0 Å². The molecule has 176 valence electrons. The number of amidine groups is 1. The number of sulfonamides is 1. The van der Waals surface area contributed by atoms with Gasteiger partial charge >= 0.3 is 0 Å². The second kappa shape index (κ2) is 8.05. The maximum atomic E-state index is 13.1. The van der Waals surface area contributed by atoms with E-state index >= 15 is 0 Å². The molecule has 0 radical (unpaired) electrons. The van der Waals surface area contributed by atoms with Crippen molar-refractivity contribution in [2.24, 2.45) is 4.40 Å². The first-order valence-electron chi connectivity index (χ1n) is 11.1. The van der Waals surface area contributed by atoms with E-state index in [0.717, 1.165) is 12.0 Å². The molecule has 1 fully saturated rings. The number of aromatic nitrogens is 2. The maximum Gasteiger partial charge on any atom is 0.285 e. The van der Waals surface area contributed by atoms with Gasteiger partial charge in [0.1, 0.15) is 10.9 Å². The van der Waals surface area contributed by atoms with Gasteiger partial charge in [0.15, 0.2) is 5.84 Å². The van der Waals surface area contributed by atoms with Crippen LogP contribution in [-0.4, -0.2) is 47.8 Å². The number of carbonyl (C=O) groups excluding carboxylic acids is 1. The highest BCUT2D eigenvalue weighted by atomic mass is 32.2. The van der Waals surface area contributed by atoms with Crippen LogP contribution in [0.3, 0.4) is 0 Å². The lowest BCUT2D eigenvalue weighted by atomic mass is 9.97. The molecule has 3 aromatic rings. The van der Waals surface area contributed by atoms with Gasteiger partial charge in [-0.3, -0.25) is 4.79 Å². The van der Waals surface area contributed by atoms with Crippen molar-refractivity contribution in [2.75, 3.05) is 11.9 Å². The average Bonchev–Trinajstić information content (AvgIpc) is 3.52. The minimum Gasteiger partial charge on any atom is -0.343 e. The number of carbonyl (C=O) groups is 1. The van der Waals surface area contributed by atoms with Gasteiger partial charge in [-0.25, -0.2) is 0 Å². The van der Waals surface area contributed by atoms with Gasteiger partial charge in [-0.05, 0) is 49.2 Å². The predicted molar refractivity (Wildman–Crippen MR) is 127 cm³/mol. The zero-order chi connectivity index (χ0) is 24.1. The number of rotatable bonds is 3. The zero-order valence-corrected chi connectivity index (χ0v) is 20.0. The fourth-order valence-corrected chi connectivity index (χ4v) is 5.38. The predicted octanol–water partition coefficient (Wildman–Crippen LogP) is 3.59. The SMILES string of the molecule is CC(C)(C)c1nc(-c2ccc(NC(=O)[C@@H]3CCCN3C3=NS(=O)(=O)c4ccccc43)cc2)no1. The summed E-state index contributed by atoms with van der Waals surface area (Å²) in [5, 5.41) is 6.99. The molecule has 1 saturated heterocycles. The van der Waals surface area contributed by atoms with Gasteiger partial charge in [-0.1, -0.05) is 38.1 Å². The van der Waals surface area contributed by atoms with Gasteiger partial charge in [0.2, 0.25) is 17.6 Å². The van der Waals surface area contributed by atoms with Crippen molar-refractivity contribution in [3.63, 3.8) is 0 Å². The number of benzene rings is 2. The summed E-state index contributed by atoms with van der Waals surface area (Å²) >= 11 is 0. The van der Waals surface area contributed by atoms with E-state index < -0.39 is 16.1 Å². The second-order valence-electron chi connectivity index (χ2n) is 9.48. The standard InChI is InChI=1S/C24H25N5O4S/c1-24(2,3)23-26-20(27-33-23)15-10-12-16(13-11-15)25-22(30)18-8-6-14-29(18)21-17-7-4-5-9-19(17)34(31,32)28-21/h4-5,7,9-13,18H,6,8,14H2,1-3H3,(H,25,30)/t18-/m0/s1. The Bertz CT molecular complexity index is 1390. The summed E-state index contributed by atoms with van der Waals surface area (Å²) in [7, 11) is -3.74. The van der Waals surface area contributed by atoms with Crippen LogP contribution in [0.15, 0.2) is 62.3 Å². The van der Waals surface area contributed by atoms with Crippen LogP contribution in [0.2, 0.25) is 0 Å². The highest BCUT2D eigenvalue weighted by Crippen LogP contribution is 2.31. The molecule has 1 N–H and O–H groups in total. The molecule has 34 heavy (non-hydrogen) atoms. The normalized spacial score (nSPS) is 19.1. The molecule has 0 aliphatic carbocycles. The Kier molecular flexibility index (Phi) is 5.27. The second-order valence-corrected chi connectivity index (χ2v) is 11.0. The van der Waals surface area contributed by atoms with Gasteiger partial charge in [-0.2, -0.15) is 13.4 Å². The molecule has 0 bridgehead atoms. The quantitative estimate of drug-likeness (QED) is 0.610. The molecule has 2 aliphatic rings. The van der Waals surface area contributed by atoms with Crippen LogP contribution >= 0.6 is 0 Å². The van der Waals surface area contributed by atoms with Crippen molar-refractivity contribution in [3.05, 3.63) is 60.0 Å². The third-order valence-electron chi connectivity index (χ3n) is 5.92. The van der Waals surface area contributed by atoms with Crippen LogP contribution in [0.5, 0.6) is 0 Å².